The summed E-state index contributed by atoms with van der Waals surface area (Å²) in [5.41, 5.74) is 1.46. The maximum Gasteiger partial charge on any atom is 0.210 e. The summed E-state index contributed by atoms with van der Waals surface area (Å²) < 4.78 is 49.9. The average molecular weight is 622 g/mol. The van der Waals surface area contributed by atoms with Crippen LogP contribution in [-0.4, -0.2) is 39.2 Å². The smallest absolute Gasteiger partial charge is 0.210 e. The standard InChI is InChI=1S/C33H52FNO3S2Si/c1-8-41(9-2,10-3)38-32(5,6)30(34)20-17-24(4)26-18-19-27-25(14-13-22-33(26,27)7)21-23-40(36,37)31-35-28-15-11-12-16-29(28)39-31/h11-12,15-16,21,24,26-27,30H,8-10,13-14,17-20,22-23H2,1-7H3/b25-21+/t24?,26-,27+,30?,33-/m1/s1. The Morgan fingerprint density at radius 1 is 1.17 bits per heavy atom. The Balaban J connectivity index is 1.40. The second-order valence-corrected chi connectivity index (χ2v) is 21.5. The molecule has 8 heteroatoms. The number of hydrogen-bond donors (Lipinski definition) is 0. The van der Waals surface area contributed by atoms with Crippen molar-refractivity contribution in [3.05, 3.63) is 35.9 Å². The number of halogens is 1. The van der Waals surface area contributed by atoms with E-state index in [4.69, 9.17) is 4.43 Å². The van der Waals surface area contributed by atoms with Crippen molar-refractivity contribution >= 4 is 39.7 Å². The quantitative estimate of drug-likeness (QED) is 0.165. The van der Waals surface area contributed by atoms with Gasteiger partial charge in [0.25, 0.3) is 0 Å². The van der Waals surface area contributed by atoms with E-state index < -0.39 is 29.9 Å². The van der Waals surface area contributed by atoms with Gasteiger partial charge in [0.1, 0.15) is 6.17 Å². The van der Waals surface area contributed by atoms with Crippen LogP contribution in [0.5, 0.6) is 0 Å². The summed E-state index contributed by atoms with van der Waals surface area (Å²) >= 11 is 1.26. The third-order valence-corrected chi connectivity index (χ3v) is 18.8. The molecule has 4 nitrogen and oxygen atoms in total. The van der Waals surface area contributed by atoms with E-state index in [0.29, 0.717) is 24.2 Å². The largest absolute Gasteiger partial charge is 0.409 e. The molecule has 2 unspecified atom stereocenters. The summed E-state index contributed by atoms with van der Waals surface area (Å²) in [4.78, 5) is 4.41. The fourth-order valence-corrected chi connectivity index (χ4v) is 13.7. The molecule has 1 aromatic carbocycles. The number of alkyl halides is 1. The summed E-state index contributed by atoms with van der Waals surface area (Å²) in [7, 11) is -5.36. The Bertz CT molecular complexity index is 1280. The molecular weight excluding hydrogens is 570 g/mol. The van der Waals surface area contributed by atoms with Gasteiger partial charge in [0.05, 0.1) is 21.6 Å². The molecule has 0 radical (unpaired) electrons. The van der Waals surface area contributed by atoms with E-state index in [1.807, 2.05) is 44.2 Å². The topological polar surface area (TPSA) is 56.3 Å². The zero-order valence-electron chi connectivity index (χ0n) is 26.3. The molecule has 230 valence electrons. The number of allylic oxidation sites excluding steroid dienone is 1. The van der Waals surface area contributed by atoms with E-state index in [1.54, 1.807) is 0 Å². The van der Waals surface area contributed by atoms with Crippen molar-refractivity contribution in [2.24, 2.45) is 23.2 Å². The van der Waals surface area contributed by atoms with Crippen LogP contribution in [0.2, 0.25) is 18.1 Å². The number of benzene rings is 1. The van der Waals surface area contributed by atoms with Gasteiger partial charge in [0.2, 0.25) is 14.2 Å². The maximum absolute atomic E-state index is 15.7. The first-order chi connectivity index (χ1) is 19.3. The van der Waals surface area contributed by atoms with Crippen molar-refractivity contribution in [2.45, 2.75) is 128 Å². The molecule has 2 fully saturated rings. The van der Waals surface area contributed by atoms with Crippen LogP contribution in [0.3, 0.4) is 0 Å². The lowest BCUT2D eigenvalue weighted by Crippen LogP contribution is -2.49. The maximum atomic E-state index is 15.7. The summed E-state index contributed by atoms with van der Waals surface area (Å²) in [5, 5.41) is 0. The fourth-order valence-electron chi connectivity index (χ4n) is 8.08. The minimum atomic E-state index is -3.47. The number of aromatic nitrogens is 1. The minimum absolute atomic E-state index is 0.0195. The minimum Gasteiger partial charge on any atom is -0.409 e. The van der Waals surface area contributed by atoms with Crippen LogP contribution in [0.4, 0.5) is 4.39 Å². The van der Waals surface area contributed by atoms with Crippen molar-refractivity contribution in [1.82, 2.24) is 4.98 Å². The third-order valence-electron chi connectivity index (χ3n) is 10.9. The van der Waals surface area contributed by atoms with Crippen LogP contribution < -0.4 is 0 Å². The molecule has 4 rings (SSSR count). The van der Waals surface area contributed by atoms with Crippen molar-refractivity contribution in [1.29, 1.82) is 0 Å². The van der Waals surface area contributed by atoms with Crippen molar-refractivity contribution in [3.63, 3.8) is 0 Å². The Morgan fingerprint density at radius 2 is 1.85 bits per heavy atom. The van der Waals surface area contributed by atoms with Crippen molar-refractivity contribution < 1.29 is 17.2 Å². The van der Waals surface area contributed by atoms with Gasteiger partial charge in [-0.05, 0) is 112 Å². The highest BCUT2D eigenvalue weighted by molar-refractivity contribution is 7.93. The zero-order chi connectivity index (χ0) is 30.1. The number of rotatable bonds is 13. The van der Waals surface area contributed by atoms with Crippen molar-refractivity contribution in [2.75, 3.05) is 5.75 Å². The lowest BCUT2D eigenvalue weighted by molar-refractivity contribution is 0.000358. The number of nitrogens with zero attached hydrogens (tertiary/aromatic N) is 1. The number of sulfone groups is 1. The second kappa shape index (κ2) is 12.9. The highest BCUT2D eigenvalue weighted by Gasteiger charge is 2.51. The van der Waals surface area contributed by atoms with E-state index in [9.17, 15) is 8.42 Å². The van der Waals surface area contributed by atoms with Crippen LogP contribution in [0.1, 0.15) is 93.4 Å². The van der Waals surface area contributed by atoms with E-state index in [-0.39, 0.29) is 15.5 Å². The van der Waals surface area contributed by atoms with Crippen LogP contribution in [0.25, 0.3) is 10.2 Å². The summed E-state index contributed by atoms with van der Waals surface area (Å²) in [6.07, 6.45) is 7.92. The number of fused-ring (bicyclic) bond motifs is 2. The van der Waals surface area contributed by atoms with Gasteiger partial charge in [-0.15, -0.1) is 11.3 Å². The molecule has 41 heavy (non-hydrogen) atoms. The van der Waals surface area contributed by atoms with E-state index >= 15 is 4.39 Å². The molecule has 0 aliphatic heterocycles. The summed E-state index contributed by atoms with van der Waals surface area (Å²) in [6.45, 7) is 15.3. The lowest BCUT2D eigenvalue weighted by Gasteiger charge is -2.45. The third kappa shape index (κ3) is 6.86. The molecule has 2 saturated carbocycles. The fraction of sp³-hybridized carbons (Fsp3) is 0.727. The van der Waals surface area contributed by atoms with Gasteiger partial charge in [0, 0.05) is 0 Å². The van der Waals surface area contributed by atoms with Crippen LogP contribution >= 0.6 is 11.3 Å². The second-order valence-electron chi connectivity index (χ2n) is 13.6. The summed E-state index contributed by atoms with van der Waals surface area (Å²) in [6, 6.07) is 10.7. The molecule has 0 spiro atoms. The highest BCUT2D eigenvalue weighted by atomic mass is 32.2. The first-order valence-corrected chi connectivity index (χ1v) is 20.9. The Morgan fingerprint density at radius 3 is 2.51 bits per heavy atom. The molecule has 1 heterocycles. The van der Waals surface area contributed by atoms with Crippen LogP contribution in [-0.2, 0) is 14.3 Å². The molecule has 1 aromatic heterocycles. The number of para-hydroxylation sites is 1. The molecule has 2 aliphatic rings. The average Bonchev–Trinajstić information content (AvgIpc) is 3.55. The van der Waals surface area contributed by atoms with Crippen molar-refractivity contribution in [3.8, 4) is 0 Å². The Kier molecular flexibility index (Phi) is 10.3. The normalized spacial score (nSPS) is 26.4. The van der Waals surface area contributed by atoms with E-state index in [1.165, 1.54) is 23.3 Å². The molecule has 2 aliphatic carbocycles. The Labute approximate surface area is 253 Å². The zero-order valence-corrected chi connectivity index (χ0v) is 29.0. The van der Waals surface area contributed by atoms with Gasteiger partial charge in [-0.25, -0.2) is 17.8 Å². The summed E-state index contributed by atoms with van der Waals surface area (Å²) in [5.74, 6) is 1.39. The number of thiazole rings is 1. The first-order valence-electron chi connectivity index (χ1n) is 15.9. The van der Waals surface area contributed by atoms with Gasteiger partial charge >= 0.3 is 0 Å². The molecule has 0 bridgehead atoms. The molecule has 0 N–H and O–H groups in total. The molecule has 0 amide bonds. The lowest BCUT2D eigenvalue weighted by atomic mass is 9.60. The molecule has 5 atom stereocenters. The molecule has 2 aromatic rings. The first kappa shape index (κ1) is 32.8. The van der Waals surface area contributed by atoms with Gasteiger partial charge in [-0.1, -0.05) is 58.4 Å². The highest BCUT2D eigenvalue weighted by Crippen LogP contribution is 2.60. The predicted molar refractivity (Wildman–Crippen MR) is 174 cm³/mol. The molecule has 0 saturated heterocycles. The van der Waals surface area contributed by atoms with Gasteiger partial charge < -0.3 is 4.43 Å². The Hall–Kier alpha value is -1.09. The van der Waals surface area contributed by atoms with E-state index in [0.717, 1.165) is 60.5 Å². The SMILES string of the molecule is CC[Si](CC)(CC)OC(C)(C)C(F)CCC(C)[C@H]1CC[C@H]2/C(=C/CS(=O)(=O)c3nc4ccccc4s3)CCC[C@]12C. The van der Waals surface area contributed by atoms with Gasteiger partial charge in [0.15, 0.2) is 8.32 Å². The van der Waals surface area contributed by atoms with Gasteiger partial charge in [-0.2, -0.15) is 0 Å². The van der Waals surface area contributed by atoms with Crippen LogP contribution in [0, 0.1) is 23.2 Å². The predicted octanol–water partition coefficient (Wildman–Crippen LogP) is 9.77. The van der Waals surface area contributed by atoms with Crippen LogP contribution in [0.15, 0.2) is 40.3 Å². The molecular formula is C33H52FNO3S2Si. The van der Waals surface area contributed by atoms with E-state index in [2.05, 4.69) is 39.6 Å². The number of hydrogen-bond acceptors (Lipinski definition) is 5. The monoisotopic (exact) mass is 621 g/mol. The van der Waals surface area contributed by atoms with Gasteiger partial charge in [-0.3, -0.25) is 0 Å².